The molecule has 1 amide bonds. The van der Waals surface area contributed by atoms with Crippen LogP contribution in [0.25, 0.3) is 0 Å². The SMILES string of the molecule is Cc1cc(Br)cc(N)c1OCC(=O)Nc1ccccc1F. The van der Waals surface area contributed by atoms with E-state index in [2.05, 4.69) is 21.2 Å². The number of rotatable bonds is 4. The Morgan fingerprint density at radius 1 is 1.38 bits per heavy atom. The number of ether oxygens (including phenoxy) is 1. The van der Waals surface area contributed by atoms with Gasteiger partial charge in [-0.25, -0.2) is 4.39 Å². The minimum atomic E-state index is -0.495. The van der Waals surface area contributed by atoms with E-state index in [1.165, 1.54) is 12.1 Å². The third-order valence-corrected chi connectivity index (χ3v) is 3.22. The van der Waals surface area contributed by atoms with Gasteiger partial charge in [-0.3, -0.25) is 4.79 Å². The molecule has 6 heteroatoms. The van der Waals surface area contributed by atoms with Gasteiger partial charge < -0.3 is 15.8 Å². The fourth-order valence-corrected chi connectivity index (χ4v) is 2.43. The molecule has 4 nitrogen and oxygen atoms in total. The lowest BCUT2D eigenvalue weighted by molar-refractivity contribution is -0.118. The molecule has 0 bridgehead atoms. The fraction of sp³-hybridized carbons (Fsp3) is 0.133. The van der Waals surface area contributed by atoms with Gasteiger partial charge in [0.2, 0.25) is 0 Å². The van der Waals surface area contributed by atoms with Gasteiger partial charge in [-0.2, -0.15) is 0 Å². The van der Waals surface area contributed by atoms with E-state index in [0.29, 0.717) is 11.4 Å². The highest BCUT2D eigenvalue weighted by molar-refractivity contribution is 9.10. The lowest BCUT2D eigenvalue weighted by atomic mass is 10.2. The second-order valence-corrected chi connectivity index (χ2v) is 5.37. The molecule has 0 aliphatic rings. The number of halogens is 2. The molecule has 2 aromatic rings. The number of nitrogens with one attached hydrogen (secondary N) is 1. The number of anilines is 2. The van der Waals surface area contributed by atoms with Crippen molar-refractivity contribution in [3.8, 4) is 5.75 Å². The molecule has 0 heterocycles. The molecule has 21 heavy (non-hydrogen) atoms. The Balaban J connectivity index is 2.01. The molecule has 0 aromatic heterocycles. The van der Waals surface area contributed by atoms with Crippen molar-refractivity contribution in [2.75, 3.05) is 17.7 Å². The van der Waals surface area contributed by atoms with Crippen molar-refractivity contribution in [1.29, 1.82) is 0 Å². The van der Waals surface area contributed by atoms with Crippen LogP contribution in [0.3, 0.4) is 0 Å². The summed E-state index contributed by atoms with van der Waals surface area (Å²) < 4.78 is 19.7. The van der Waals surface area contributed by atoms with Gasteiger partial charge in [0.05, 0.1) is 11.4 Å². The molecule has 2 aromatic carbocycles. The molecule has 110 valence electrons. The van der Waals surface area contributed by atoms with Gasteiger partial charge in [0, 0.05) is 4.47 Å². The smallest absolute Gasteiger partial charge is 0.262 e. The lowest BCUT2D eigenvalue weighted by Crippen LogP contribution is -2.21. The van der Waals surface area contributed by atoms with Crippen molar-refractivity contribution in [1.82, 2.24) is 0 Å². The van der Waals surface area contributed by atoms with E-state index in [-0.39, 0.29) is 12.3 Å². The summed E-state index contributed by atoms with van der Waals surface area (Å²) in [5.74, 6) is -0.506. The molecule has 3 N–H and O–H groups in total. The molecule has 0 saturated heterocycles. The molecule has 0 atom stereocenters. The number of nitrogen functional groups attached to an aromatic ring is 1. The number of carbonyl (C=O) groups excluding carboxylic acids is 1. The minimum Gasteiger partial charge on any atom is -0.481 e. The quantitative estimate of drug-likeness (QED) is 0.827. The van der Waals surface area contributed by atoms with E-state index in [4.69, 9.17) is 10.5 Å². The minimum absolute atomic E-state index is 0.117. The summed E-state index contributed by atoms with van der Waals surface area (Å²) in [6.45, 7) is 1.58. The van der Waals surface area contributed by atoms with E-state index in [9.17, 15) is 9.18 Å². The van der Waals surface area contributed by atoms with Crippen LogP contribution in [-0.2, 0) is 4.79 Å². The highest BCUT2D eigenvalue weighted by Gasteiger charge is 2.10. The maximum Gasteiger partial charge on any atom is 0.262 e. The van der Waals surface area contributed by atoms with Gasteiger partial charge in [0.15, 0.2) is 6.61 Å². The van der Waals surface area contributed by atoms with E-state index < -0.39 is 11.7 Å². The van der Waals surface area contributed by atoms with Crippen molar-refractivity contribution in [3.63, 3.8) is 0 Å². The van der Waals surface area contributed by atoms with Crippen LogP contribution in [0.2, 0.25) is 0 Å². The Bertz CT molecular complexity index is 653. The second-order valence-electron chi connectivity index (χ2n) is 4.46. The van der Waals surface area contributed by atoms with Gasteiger partial charge in [-0.1, -0.05) is 28.1 Å². The molecule has 0 aliphatic heterocycles. The number of aryl methyl sites for hydroxylation is 1. The molecule has 0 aliphatic carbocycles. The van der Waals surface area contributed by atoms with Crippen LogP contribution in [-0.4, -0.2) is 12.5 Å². The highest BCUT2D eigenvalue weighted by atomic mass is 79.9. The van der Waals surface area contributed by atoms with Gasteiger partial charge in [0.25, 0.3) is 5.91 Å². The zero-order valence-electron chi connectivity index (χ0n) is 11.3. The van der Waals surface area contributed by atoms with Crippen molar-refractivity contribution in [2.24, 2.45) is 0 Å². The van der Waals surface area contributed by atoms with Crippen LogP contribution >= 0.6 is 15.9 Å². The zero-order chi connectivity index (χ0) is 15.4. The summed E-state index contributed by atoms with van der Waals surface area (Å²) in [5.41, 5.74) is 7.19. The van der Waals surface area contributed by atoms with Crippen LogP contribution in [0.4, 0.5) is 15.8 Å². The van der Waals surface area contributed by atoms with Gasteiger partial charge in [0.1, 0.15) is 11.6 Å². The molecular weight excluding hydrogens is 339 g/mol. The Labute approximate surface area is 130 Å². The summed E-state index contributed by atoms with van der Waals surface area (Å²) in [6, 6.07) is 9.46. The van der Waals surface area contributed by atoms with Gasteiger partial charge in [-0.05, 0) is 36.8 Å². The Kier molecular flexibility index (Phi) is 4.80. The summed E-state index contributed by atoms with van der Waals surface area (Å²) in [4.78, 5) is 11.8. The molecule has 0 saturated carbocycles. The number of benzene rings is 2. The number of para-hydroxylation sites is 1. The average molecular weight is 353 g/mol. The predicted octanol–water partition coefficient (Wildman–Crippen LogP) is 3.50. The zero-order valence-corrected chi connectivity index (χ0v) is 12.9. The topological polar surface area (TPSA) is 64.3 Å². The van der Waals surface area contributed by atoms with Gasteiger partial charge in [-0.15, -0.1) is 0 Å². The van der Waals surface area contributed by atoms with Crippen LogP contribution in [0.15, 0.2) is 40.9 Å². The van der Waals surface area contributed by atoms with E-state index in [1.807, 2.05) is 13.0 Å². The Morgan fingerprint density at radius 2 is 2.10 bits per heavy atom. The number of nitrogens with two attached hydrogens (primary N) is 1. The van der Waals surface area contributed by atoms with E-state index >= 15 is 0 Å². The first-order valence-corrected chi connectivity index (χ1v) is 6.99. The monoisotopic (exact) mass is 352 g/mol. The first-order valence-electron chi connectivity index (χ1n) is 6.20. The number of hydrogen-bond acceptors (Lipinski definition) is 3. The number of hydrogen-bond donors (Lipinski definition) is 2. The predicted molar refractivity (Wildman–Crippen MR) is 83.8 cm³/mol. The normalized spacial score (nSPS) is 10.2. The van der Waals surface area contributed by atoms with Crippen LogP contribution < -0.4 is 15.8 Å². The molecular formula is C15H14BrFN2O2. The molecule has 2 rings (SSSR count). The fourth-order valence-electron chi connectivity index (χ4n) is 1.84. The van der Waals surface area contributed by atoms with Crippen molar-refractivity contribution >= 4 is 33.2 Å². The van der Waals surface area contributed by atoms with Crippen LogP contribution in [0.1, 0.15) is 5.56 Å². The third kappa shape index (κ3) is 3.95. The summed E-state index contributed by atoms with van der Waals surface area (Å²) in [6.07, 6.45) is 0. The highest BCUT2D eigenvalue weighted by Crippen LogP contribution is 2.30. The Hall–Kier alpha value is -2.08. The summed E-state index contributed by atoms with van der Waals surface area (Å²) >= 11 is 3.32. The largest absolute Gasteiger partial charge is 0.481 e. The molecule has 0 spiro atoms. The molecule has 0 fully saturated rings. The van der Waals surface area contributed by atoms with Crippen LogP contribution in [0.5, 0.6) is 5.75 Å². The summed E-state index contributed by atoms with van der Waals surface area (Å²) in [5, 5.41) is 2.44. The Morgan fingerprint density at radius 3 is 2.76 bits per heavy atom. The number of carbonyl (C=O) groups is 1. The average Bonchev–Trinajstić information content (AvgIpc) is 2.40. The lowest BCUT2D eigenvalue weighted by Gasteiger charge is -2.12. The van der Waals surface area contributed by atoms with Crippen molar-refractivity contribution < 1.29 is 13.9 Å². The maximum absolute atomic E-state index is 13.4. The first kappa shape index (κ1) is 15.3. The van der Waals surface area contributed by atoms with E-state index in [1.54, 1.807) is 18.2 Å². The van der Waals surface area contributed by atoms with Crippen LogP contribution in [0, 0.1) is 12.7 Å². The summed E-state index contributed by atoms with van der Waals surface area (Å²) in [7, 11) is 0. The first-order chi connectivity index (χ1) is 9.97. The van der Waals surface area contributed by atoms with E-state index in [0.717, 1.165) is 10.0 Å². The maximum atomic E-state index is 13.4. The van der Waals surface area contributed by atoms with Crippen molar-refractivity contribution in [3.05, 3.63) is 52.3 Å². The molecule has 0 unspecified atom stereocenters. The van der Waals surface area contributed by atoms with Crippen molar-refractivity contribution in [2.45, 2.75) is 6.92 Å². The standard InChI is InChI=1S/C15H14BrFN2O2/c1-9-6-10(16)7-12(18)15(9)21-8-14(20)19-13-5-3-2-4-11(13)17/h2-7H,8,18H2,1H3,(H,19,20). The van der Waals surface area contributed by atoms with Gasteiger partial charge >= 0.3 is 0 Å². The molecule has 0 radical (unpaired) electrons. The second kappa shape index (κ2) is 6.58. The number of amides is 1. The third-order valence-electron chi connectivity index (χ3n) is 2.76.